The van der Waals surface area contributed by atoms with Gasteiger partial charge in [-0.3, -0.25) is 9.59 Å². The number of carboxylic acid groups (broad SMARTS) is 1. The summed E-state index contributed by atoms with van der Waals surface area (Å²) in [5, 5.41) is 11.9. The molecule has 0 bridgehead atoms. The van der Waals surface area contributed by atoms with Crippen molar-refractivity contribution in [3.05, 3.63) is 51.7 Å². The molecule has 0 aliphatic carbocycles. The second kappa shape index (κ2) is 7.41. The highest BCUT2D eigenvalue weighted by Crippen LogP contribution is 2.17. The van der Waals surface area contributed by atoms with Gasteiger partial charge in [0.25, 0.3) is 5.91 Å². The minimum Gasteiger partial charge on any atom is -0.481 e. The van der Waals surface area contributed by atoms with Crippen LogP contribution < -0.4 is 5.32 Å². The number of hydrogen-bond donors (Lipinski definition) is 2. The Balaban J connectivity index is 1.98. The van der Waals surface area contributed by atoms with Crippen molar-refractivity contribution in [3.8, 4) is 0 Å². The maximum atomic E-state index is 12.0. The van der Waals surface area contributed by atoms with E-state index in [2.05, 4.69) is 32.9 Å². The number of hydrogen-bond acceptors (Lipinski definition) is 4. The van der Waals surface area contributed by atoms with Crippen LogP contribution in [0, 0.1) is 3.57 Å². The van der Waals surface area contributed by atoms with Crippen molar-refractivity contribution in [3.63, 3.8) is 0 Å². The SMILES string of the molecule is O=C(O)CSc1ccc(NC(=O)c2ccc(I)cc2)cn1. The molecule has 5 nitrogen and oxygen atoms in total. The van der Waals surface area contributed by atoms with Crippen molar-refractivity contribution in [1.82, 2.24) is 4.98 Å². The molecule has 0 saturated heterocycles. The van der Waals surface area contributed by atoms with Gasteiger partial charge in [0.2, 0.25) is 0 Å². The van der Waals surface area contributed by atoms with Gasteiger partial charge in [0, 0.05) is 9.13 Å². The van der Waals surface area contributed by atoms with Gasteiger partial charge < -0.3 is 10.4 Å². The highest BCUT2D eigenvalue weighted by molar-refractivity contribution is 14.1. The van der Waals surface area contributed by atoms with E-state index in [9.17, 15) is 9.59 Å². The van der Waals surface area contributed by atoms with Gasteiger partial charge in [-0.1, -0.05) is 11.8 Å². The van der Waals surface area contributed by atoms with E-state index in [0.717, 1.165) is 15.3 Å². The van der Waals surface area contributed by atoms with Crippen molar-refractivity contribution in [2.24, 2.45) is 0 Å². The predicted octanol–water partition coefficient (Wildman–Crippen LogP) is 3.12. The Labute approximate surface area is 139 Å². The van der Waals surface area contributed by atoms with Crippen LogP contribution in [0.25, 0.3) is 0 Å². The van der Waals surface area contributed by atoms with Crippen LogP contribution in [0.15, 0.2) is 47.6 Å². The lowest BCUT2D eigenvalue weighted by Gasteiger charge is -2.05. The maximum absolute atomic E-state index is 12.0. The number of aromatic nitrogens is 1. The molecule has 0 radical (unpaired) electrons. The highest BCUT2D eigenvalue weighted by atomic mass is 127. The number of halogens is 1. The highest BCUT2D eigenvalue weighted by Gasteiger charge is 2.06. The second-order valence-corrected chi connectivity index (χ2v) is 6.27. The first-order chi connectivity index (χ1) is 10.0. The number of rotatable bonds is 5. The van der Waals surface area contributed by atoms with E-state index in [1.54, 1.807) is 24.3 Å². The first kappa shape index (κ1) is 15.8. The van der Waals surface area contributed by atoms with E-state index in [-0.39, 0.29) is 11.7 Å². The first-order valence-electron chi connectivity index (χ1n) is 5.92. The van der Waals surface area contributed by atoms with Gasteiger partial charge in [0.15, 0.2) is 0 Å². The van der Waals surface area contributed by atoms with Gasteiger partial charge in [-0.25, -0.2) is 4.98 Å². The summed E-state index contributed by atoms with van der Waals surface area (Å²) in [4.78, 5) is 26.6. The van der Waals surface area contributed by atoms with Crippen molar-refractivity contribution >= 4 is 51.9 Å². The number of anilines is 1. The zero-order chi connectivity index (χ0) is 15.2. The smallest absolute Gasteiger partial charge is 0.313 e. The van der Waals surface area contributed by atoms with E-state index in [1.807, 2.05) is 12.1 Å². The average Bonchev–Trinajstić information content (AvgIpc) is 2.47. The molecule has 2 N–H and O–H groups in total. The average molecular weight is 414 g/mol. The van der Waals surface area contributed by atoms with Crippen LogP contribution in [0.1, 0.15) is 10.4 Å². The third-order valence-corrected chi connectivity index (χ3v) is 4.09. The lowest BCUT2D eigenvalue weighted by Crippen LogP contribution is -2.11. The lowest BCUT2D eigenvalue weighted by molar-refractivity contribution is -0.133. The summed E-state index contributed by atoms with van der Waals surface area (Å²) in [7, 11) is 0. The molecule has 0 spiro atoms. The zero-order valence-corrected chi connectivity index (χ0v) is 13.7. The molecule has 2 rings (SSSR count). The number of benzene rings is 1. The number of carboxylic acids is 1. The molecule has 1 heterocycles. The normalized spacial score (nSPS) is 10.1. The molecule has 0 atom stereocenters. The van der Waals surface area contributed by atoms with E-state index in [4.69, 9.17) is 5.11 Å². The van der Waals surface area contributed by atoms with Crippen LogP contribution in [0.4, 0.5) is 5.69 Å². The number of pyridine rings is 1. The third kappa shape index (κ3) is 5.01. The Morgan fingerprint density at radius 2 is 1.90 bits per heavy atom. The number of carbonyl (C=O) groups is 2. The Morgan fingerprint density at radius 3 is 2.48 bits per heavy atom. The van der Waals surface area contributed by atoms with Crippen LogP contribution in [-0.4, -0.2) is 27.7 Å². The van der Waals surface area contributed by atoms with Gasteiger partial charge in [0.1, 0.15) is 0 Å². The fraction of sp³-hybridized carbons (Fsp3) is 0.0714. The van der Waals surface area contributed by atoms with Gasteiger partial charge in [-0.15, -0.1) is 0 Å². The maximum Gasteiger partial charge on any atom is 0.313 e. The summed E-state index contributed by atoms with van der Waals surface area (Å²) >= 11 is 3.30. The van der Waals surface area contributed by atoms with Crippen LogP contribution in [0.5, 0.6) is 0 Å². The molecule has 21 heavy (non-hydrogen) atoms. The molecule has 0 fully saturated rings. The summed E-state index contributed by atoms with van der Waals surface area (Å²) < 4.78 is 1.06. The van der Waals surface area contributed by atoms with Crippen molar-refractivity contribution in [2.75, 3.05) is 11.1 Å². The molecular formula is C14H11IN2O3S. The van der Waals surface area contributed by atoms with E-state index in [0.29, 0.717) is 16.3 Å². The monoisotopic (exact) mass is 414 g/mol. The van der Waals surface area contributed by atoms with Crippen LogP contribution in [-0.2, 0) is 4.79 Å². The van der Waals surface area contributed by atoms with Crippen LogP contribution in [0.3, 0.4) is 0 Å². The van der Waals surface area contributed by atoms with Crippen molar-refractivity contribution < 1.29 is 14.7 Å². The fourth-order valence-corrected chi connectivity index (χ4v) is 2.40. The number of nitrogens with zero attached hydrogens (tertiary/aromatic N) is 1. The Morgan fingerprint density at radius 1 is 1.19 bits per heavy atom. The standard InChI is InChI=1S/C14H11IN2O3S/c15-10-3-1-9(2-4-10)14(20)17-11-5-6-12(16-7-11)21-8-13(18)19/h1-7H,8H2,(H,17,20)(H,18,19). The predicted molar refractivity (Wildman–Crippen MR) is 89.7 cm³/mol. The third-order valence-electron chi connectivity index (χ3n) is 2.44. The quantitative estimate of drug-likeness (QED) is 0.581. The first-order valence-corrected chi connectivity index (χ1v) is 7.98. The molecule has 2 aromatic rings. The summed E-state index contributed by atoms with van der Waals surface area (Å²) in [5.74, 6) is -1.14. The van der Waals surface area contributed by atoms with E-state index < -0.39 is 5.97 Å². The summed E-state index contributed by atoms with van der Waals surface area (Å²) in [6.45, 7) is 0. The number of thioether (sulfide) groups is 1. The number of amides is 1. The molecule has 1 aromatic carbocycles. The molecule has 108 valence electrons. The number of carbonyl (C=O) groups excluding carboxylic acids is 1. The van der Waals surface area contributed by atoms with Gasteiger partial charge >= 0.3 is 5.97 Å². The molecule has 0 unspecified atom stereocenters. The second-order valence-electron chi connectivity index (χ2n) is 4.03. The van der Waals surface area contributed by atoms with Gasteiger partial charge in [0.05, 0.1) is 22.7 Å². The minimum absolute atomic E-state index is 0.0403. The molecule has 1 aromatic heterocycles. The lowest BCUT2D eigenvalue weighted by atomic mass is 10.2. The van der Waals surface area contributed by atoms with Gasteiger partial charge in [-0.2, -0.15) is 0 Å². The Bertz CT molecular complexity index is 644. The molecule has 1 amide bonds. The Kier molecular flexibility index (Phi) is 5.57. The van der Waals surface area contributed by atoms with E-state index in [1.165, 1.54) is 6.20 Å². The van der Waals surface area contributed by atoms with Crippen molar-refractivity contribution in [2.45, 2.75) is 5.03 Å². The number of nitrogens with one attached hydrogen (secondary N) is 1. The minimum atomic E-state index is -0.891. The molecule has 0 aliphatic rings. The Hall–Kier alpha value is -1.61. The topological polar surface area (TPSA) is 79.3 Å². The van der Waals surface area contributed by atoms with E-state index >= 15 is 0 Å². The largest absolute Gasteiger partial charge is 0.481 e. The zero-order valence-electron chi connectivity index (χ0n) is 10.7. The molecule has 0 aliphatic heterocycles. The van der Waals surface area contributed by atoms with Crippen LogP contribution >= 0.6 is 34.4 Å². The summed E-state index contributed by atoms with van der Waals surface area (Å²) in [6.07, 6.45) is 1.51. The van der Waals surface area contributed by atoms with Crippen LogP contribution in [0.2, 0.25) is 0 Å². The summed E-state index contributed by atoms with van der Waals surface area (Å²) in [6, 6.07) is 10.6. The van der Waals surface area contributed by atoms with Crippen molar-refractivity contribution in [1.29, 1.82) is 0 Å². The molecule has 0 saturated carbocycles. The fourth-order valence-electron chi connectivity index (χ4n) is 1.48. The van der Waals surface area contributed by atoms with Gasteiger partial charge in [-0.05, 0) is 59.0 Å². The number of aliphatic carboxylic acids is 1. The molecule has 7 heteroatoms. The molecular weight excluding hydrogens is 403 g/mol. The summed E-state index contributed by atoms with van der Waals surface area (Å²) in [5.41, 5.74) is 1.14.